The summed E-state index contributed by atoms with van der Waals surface area (Å²) >= 11 is 0. The summed E-state index contributed by atoms with van der Waals surface area (Å²) in [5, 5.41) is 0. The molecule has 70 valence electrons. The summed E-state index contributed by atoms with van der Waals surface area (Å²) in [4.78, 5) is 0. The lowest BCUT2D eigenvalue weighted by atomic mass is 10.6. The van der Waals surface area contributed by atoms with E-state index in [1.165, 1.54) is 0 Å². The second kappa shape index (κ2) is 4.24. The van der Waals surface area contributed by atoms with E-state index < -0.39 is 16.1 Å². The van der Waals surface area contributed by atoms with Crippen molar-refractivity contribution >= 4 is 16.1 Å². The molecule has 0 rings (SSSR count). The molecule has 0 amide bonds. The van der Waals surface area contributed by atoms with E-state index in [0.29, 0.717) is 0 Å². The minimum atomic E-state index is -0.970. The van der Waals surface area contributed by atoms with Gasteiger partial charge in [-0.2, -0.15) is 0 Å². The fourth-order valence-electron chi connectivity index (χ4n) is 0.688. The molecule has 0 aliphatic carbocycles. The number of allylic oxidation sites excluding steroid dienone is 2. The second-order valence-electron chi connectivity index (χ2n) is 5.45. The van der Waals surface area contributed by atoms with Crippen LogP contribution in [0.5, 0.6) is 0 Å². The van der Waals surface area contributed by atoms with Gasteiger partial charge in [0.25, 0.3) is 0 Å². The third-order valence-electron chi connectivity index (χ3n) is 1.30. The van der Waals surface area contributed by atoms with Crippen LogP contribution < -0.4 is 0 Å². The van der Waals surface area contributed by atoms with Crippen LogP contribution in [0, 0.1) is 0 Å². The van der Waals surface area contributed by atoms with Crippen LogP contribution in [0.2, 0.25) is 39.3 Å². The Hall–Kier alpha value is -0.0862. The van der Waals surface area contributed by atoms with Gasteiger partial charge in [-0.1, -0.05) is 62.8 Å². The van der Waals surface area contributed by atoms with E-state index in [0.717, 1.165) is 0 Å². The zero-order chi connectivity index (χ0) is 9.83. The van der Waals surface area contributed by atoms with Crippen molar-refractivity contribution in [3.8, 4) is 0 Å². The highest BCUT2D eigenvalue weighted by molar-refractivity contribution is 6.81. The molecule has 0 nitrogen and oxygen atoms in total. The van der Waals surface area contributed by atoms with Crippen molar-refractivity contribution in [2.45, 2.75) is 39.3 Å². The molecule has 0 fully saturated rings. The van der Waals surface area contributed by atoms with Gasteiger partial charge in [0.15, 0.2) is 0 Å². The number of rotatable bonds is 3. The van der Waals surface area contributed by atoms with Crippen molar-refractivity contribution in [2.75, 3.05) is 0 Å². The molecular weight excluding hydrogens is 176 g/mol. The van der Waals surface area contributed by atoms with E-state index in [-0.39, 0.29) is 0 Å². The van der Waals surface area contributed by atoms with Crippen LogP contribution in [0.3, 0.4) is 0 Å². The van der Waals surface area contributed by atoms with Crippen LogP contribution >= 0.6 is 0 Å². The van der Waals surface area contributed by atoms with Crippen LogP contribution in [0.15, 0.2) is 23.6 Å². The molecule has 0 saturated heterocycles. The normalized spacial score (nSPS) is 14.8. The lowest BCUT2D eigenvalue weighted by Gasteiger charge is -2.08. The van der Waals surface area contributed by atoms with E-state index in [2.05, 4.69) is 62.8 Å². The van der Waals surface area contributed by atoms with E-state index >= 15 is 0 Å². The first-order chi connectivity index (χ1) is 5.21. The molecule has 0 bridgehead atoms. The second-order valence-corrected chi connectivity index (χ2v) is 15.6. The highest BCUT2D eigenvalue weighted by atomic mass is 28.3. The molecule has 0 saturated carbocycles. The van der Waals surface area contributed by atoms with Gasteiger partial charge in [0.05, 0.1) is 16.1 Å². The smallest absolute Gasteiger partial charge is 0.0686 e. The average molecular weight is 198 g/mol. The van der Waals surface area contributed by atoms with Crippen molar-refractivity contribution in [2.24, 2.45) is 0 Å². The molecule has 0 aromatic rings. The molecule has 0 aliphatic rings. The fraction of sp³-hybridized carbons (Fsp3) is 0.600. The molecule has 0 N–H and O–H groups in total. The van der Waals surface area contributed by atoms with E-state index in [9.17, 15) is 0 Å². The Morgan fingerprint density at radius 3 is 1.00 bits per heavy atom. The maximum atomic E-state index is 2.38. The lowest BCUT2D eigenvalue weighted by Crippen LogP contribution is -2.16. The van der Waals surface area contributed by atoms with Crippen molar-refractivity contribution in [1.82, 2.24) is 0 Å². The molecule has 0 aromatic heterocycles. The van der Waals surface area contributed by atoms with Gasteiger partial charge in [0, 0.05) is 0 Å². The van der Waals surface area contributed by atoms with Gasteiger partial charge in [-0.05, 0) is 0 Å². The Morgan fingerprint density at radius 2 is 0.833 bits per heavy atom. The Labute approximate surface area is 79.4 Å². The van der Waals surface area contributed by atoms with Crippen LogP contribution in [0.4, 0.5) is 0 Å². The maximum absolute atomic E-state index is 2.38. The highest BCUT2D eigenvalue weighted by Gasteiger charge is 2.07. The van der Waals surface area contributed by atoms with Crippen molar-refractivity contribution in [1.29, 1.82) is 0 Å². The molecule has 0 radical (unpaired) electrons. The van der Waals surface area contributed by atoms with Gasteiger partial charge in [-0.15, -0.1) is 0 Å². The van der Waals surface area contributed by atoms with Crippen molar-refractivity contribution in [3.05, 3.63) is 23.6 Å². The van der Waals surface area contributed by atoms with E-state index in [4.69, 9.17) is 0 Å². The first-order valence-corrected chi connectivity index (χ1v) is 11.7. The summed E-state index contributed by atoms with van der Waals surface area (Å²) in [6.45, 7) is 14.1. The Bertz CT molecular complexity index is 155. The number of hydrogen-bond acceptors (Lipinski definition) is 0. The molecular formula is C10H22Si2. The van der Waals surface area contributed by atoms with Gasteiger partial charge in [-0.3, -0.25) is 0 Å². The van der Waals surface area contributed by atoms with E-state index in [1.54, 1.807) is 0 Å². The fourth-order valence-corrected chi connectivity index (χ4v) is 2.07. The zero-order valence-corrected chi connectivity index (χ0v) is 11.3. The number of hydrogen-bond donors (Lipinski definition) is 0. The molecule has 2 heteroatoms. The van der Waals surface area contributed by atoms with Crippen LogP contribution in [0.25, 0.3) is 0 Å². The monoisotopic (exact) mass is 198 g/mol. The maximum Gasteiger partial charge on any atom is 0.0686 e. The summed E-state index contributed by atoms with van der Waals surface area (Å²) in [6, 6.07) is 0. The Morgan fingerprint density at radius 1 is 0.583 bits per heavy atom. The SMILES string of the molecule is C[Si](C)(C)/C=C/C=C/[Si](C)(C)C. The Kier molecular flexibility index (Phi) is 4.21. The highest BCUT2D eigenvalue weighted by Crippen LogP contribution is 2.04. The molecule has 0 unspecified atom stereocenters. The molecule has 0 atom stereocenters. The van der Waals surface area contributed by atoms with Gasteiger partial charge in [0.2, 0.25) is 0 Å². The largest absolute Gasteiger partial charge is 0.0950 e. The molecule has 12 heavy (non-hydrogen) atoms. The van der Waals surface area contributed by atoms with Gasteiger partial charge in [-0.25, -0.2) is 0 Å². The first-order valence-electron chi connectivity index (χ1n) is 4.58. The quantitative estimate of drug-likeness (QED) is 0.477. The predicted octanol–water partition coefficient (Wildman–Crippen LogP) is 3.85. The van der Waals surface area contributed by atoms with Gasteiger partial charge < -0.3 is 0 Å². The minimum absolute atomic E-state index is 0.970. The molecule has 0 aromatic carbocycles. The van der Waals surface area contributed by atoms with Gasteiger partial charge in [0.1, 0.15) is 0 Å². The predicted molar refractivity (Wildman–Crippen MR) is 65.0 cm³/mol. The zero-order valence-electron chi connectivity index (χ0n) is 9.31. The van der Waals surface area contributed by atoms with E-state index in [1.807, 2.05) is 0 Å². The Balaban J connectivity index is 4.00. The van der Waals surface area contributed by atoms with Crippen LogP contribution in [-0.2, 0) is 0 Å². The topological polar surface area (TPSA) is 0 Å². The molecule has 0 spiro atoms. The van der Waals surface area contributed by atoms with Gasteiger partial charge >= 0.3 is 0 Å². The van der Waals surface area contributed by atoms with Crippen LogP contribution in [-0.4, -0.2) is 16.1 Å². The third-order valence-corrected chi connectivity index (χ3v) is 3.69. The summed E-state index contributed by atoms with van der Waals surface area (Å²) < 4.78 is 0. The average Bonchev–Trinajstić information content (AvgIpc) is 1.76. The summed E-state index contributed by atoms with van der Waals surface area (Å²) in [6.07, 6.45) is 4.45. The van der Waals surface area contributed by atoms with Crippen LogP contribution in [0.1, 0.15) is 0 Å². The summed E-state index contributed by atoms with van der Waals surface area (Å²) in [7, 11) is -1.94. The van der Waals surface area contributed by atoms with Crippen molar-refractivity contribution in [3.63, 3.8) is 0 Å². The first kappa shape index (κ1) is 11.9. The minimum Gasteiger partial charge on any atom is -0.0950 e. The summed E-state index contributed by atoms with van der Waals surface area (Å²) in [5.41, 5.74) is 4.76. The standard InChI is InChI=1S/C10H22Si2/c1-11(2,3)9-7-8-10-12(4,5)6/h7-10H,1-6H3/b9-7+,10-8+. The third kappa shape index (κ3) is 9.91. The lowest BCUT2D eigenvalue weighted by molar-refractivity contribution is 1.74. The molecule has 0 heterocycles. The molecule has 0 aliphatic heterocycles. The van der Waals surface area contributed by atoms with Crippen molar-refractivity contribution < 1.29 is 0 Å². The summed E-state index contributed by atoms with van der Waals surface area (Å²) in [5.74, 6) is 0.